The quantitative estimate of drug-likeness (QED) is 0.530. The summed E-state index contributed by atoms with van der Waals surface area (Å²) in [5.41, 5.74) is 2.04. The molecule has 0 radical (unpaired) electrons. The Morgan fingerprint density at radius 2 is 1.93 bits per heavy atom. The lowest BCUT2D eigenvalue weighted by molar-refractivity contribution is -0.115. The minimum atomic E-state index is -1.24. The van der Waals surface area contributed by atoms with Crippen molar-refractivity contribution in [1.82, 2.24) is 4.98 Å². The standard InChI is InChI=1S/C21H21FN2O4S2/c1-27-17-7-8-18(19(11-17)28-2)21-24-16(12-29-21)13-30(26)10-9-20(25)23-15-5-3-14(22)4-6-15/h3-8,11-12H,9-10,13H2,1-2H3,(H,23,25). The van der Waals surface area contributed by atoms with Gasteiger partial charge in [0.1, 0.15) is 22.3 Å². The van der Waals surface area contributed by atoms with Gasteiger partial charge in [-0.15, -0.1) is 11.3 Å². The highest BCUT2D eigenvalue weighted by Crippen LogP contribution is 2.35. The van der Waals surface area contributed by atoms with Crippen LogP contribution in [-0.2, 0) is 21.3 Å². The molecule has 3 aromatic rings. The van der Waals surface area contributed by atoms with Crippen molar-refractivity contribution in [3.63, 3.8) is 0 Å². The molecule has 1 aromatic heterocycles. The average molecular weight is 449 g/mol. The fourth-order valence-electron chi connectivity index (χ4n) is 2.67. The minimum Gasteiger partial charge on any atom is -0.497 e. The van der Waals surface area contributed by atoms with Crippen LogP contribution in [0, 0.1) is 5.82 Å². The van der Waals surface area contributed by atoms with Crippen molar-refractivity contribution in [2.45, 2.75) is 12.2 Å². The van der Waals surface area contributed by atoms with Crippen molar-refractivity contribution in [2.75, 3.05) is 25.3 Å². The zero-order valence-corrected chi connectivity index (χ0v) is 18.1. The van der Waals surface area contributed by atoms with E-state index < -0.39 is 10.8 Å². The second-order valence-corrected chi connectivity index (χ2v) is 8.74. The molecule has 0 aliphatic heterocycles. The second kappa shape index (κ2) is 10.3. The molecule has 1 unspecified atom stereocenters. The summed E-state index contributed by atoms with van der Waals surface area (Å²) < 4.78 is 35.9. The molecule has 0 saturated heterocycles. The molecule has 0 spiro atoms. The van der Waals surface area contributed by atoms with Crippen LogP contribution in [0.3, 0.4) is 0 Å². The van der Waals surface area contributed by atoms with Gasteiger partial charge in [-0.3, -0.25) is 9.00 Å². The lowest BCUT2D eigenvalue weighted by atomic mass is 10.2. The van der Waals surface area contributed by atoms with Crippen molar-refractivity contribution in [3.05, 3.63) is 59.4 Å². The van der Waals surface area contributed by atoms with E-state index >= 15 is 0 Å². The lowest BCUT2D eigenvalue weighted by Gasteiger charge is -2.08. The number of thiazole rings is 1. The van der Waals surface area contributed by atoms with Gasteiger partial charge < -0.3 is 14.8 Å². The van der Waals surface area contributed by atoms with E-state index in [9.17, 15) is 13.4 Å². The molecule has 3 rings (SSSR count). The number of benzene rings is 2. The molecule has 0 fully saturated rings. The van der Waals surface area contributed by atoms with E-state index in [1.807, 2.05) is 17.5 Å². The van der Waals surface area contributed by atoms with Crippen molar-refractivity contribution < 1.29 is 22.9 Å². The SMILES string of the molecule is COc1ccc(-c2nc(CS(=O)CCC(=O)Nc3ccc(F)cc3)cs2)c(OC)c1. The zero-order valence-electron chi connectivity index (χ0n) is 16.5. The van der Waals surface area contributed by atoms with Gasteiger partial charge in [-0.1, -0.05) is 0 Å². The number of ether oxygens (including phenoxy) is 2. The first-order chi connectivity index (χ1) is 14.5. The maximum Gasteiger partial charge on any atom is 0.225 e. The summed E-state index contributed by atoms with van der Waals surface area (Å²) in [5.74, 6) is 1.17. The molecule has 1 N–H and O–H groups in total. The zero-order chi connectivity index (χ0) is 21.5. The number of methoxy groups -OCH3 is 2. The Hall–Kier alpha value is -2.78. The summed E-state index contributed by atoms with van der Waals surface area (Å²) in [6, 6.07) is 11.0. The summed E-state index contributed by atoms with van der Waals surface area (Å²) in [7, 11) is 1.93. The number of nitrogens with zero attached hydrogens (tertiary/aromatic N) is 1. The third kappa shape index (κ3) is 5.87. The van der Waals surface area contributed by atoms with Crippen molar-refractivity contribution in [3.8, 4) is 22.1 Å². The molecule has 1 amide bonds. The predicted octanol–water partition coefficient (Wildman–Crippen LogP) is 4.24. The summed E-state index contributed by atoms with van der Waals surface area (Å²) >= 11 is 1.44. The highest BCUT2D eigenvalue weighted by Gasteiger charge is 2.14. The Labute approximate surface area is 180 Å². The first-order valence-corrected chi connectivity index (χ1v) is 11.4. The van der Waals surface area contributed by atoms with Crippen molar-refractivity contribution >= 4 is 33.7 Å². The first-order valence-electron chi connectivity index (χ1n) is 9.05. The van der Waals surface area contributed by atoms with E-state index in [1.165, 1.54) is 35.6 Å². The Balaban J connectivity index is 1.55. The number of halogens is 1. The van der Waals surface area contributed by atoms with Gasteiger partial charge in [-0.25, -0.2) is 9.37 Å². The van der Waals surface area contributed by atoms with Gasteiger partial charge in [0.05, 0.1) is 31.2 Å². The third-order valence-corrected chi connectivity index (χ3v) is 6.39. The van der Waals surface area contributed by atoms with E-state index in [1.54, 1.807) is 20.3 Å². The van der Waals surface area contributed by atoms with Crippen LogP contribution >= 0.6 is 11.3 Å². The number of hydrogen-bond acceptors (Lipinski definition) is 6. The molecule has 1 heterocycles. The number of amides is 1. The van der Waals surface area contributed by atoms with Gasteiger partial charge in [-0.05, 0) is 36.4 Å². The molecule has 0 aliphatic rings. The number of nitrogens with one attached hydrogen (secondary N) is 1. The van der Waals surface area contributed by atoms with Crippen LogP contribution in [-0.4, -0.2) is 35.1 Å². The molecular weight excluding hydrogens is 427 g/mol. The van der Waals surface area contributed by atoms with E-state index in [4.69, 9.17) is 9.47 Å². The molecule has 1 atom stereocenters. The monoisotopic (exact) mass is 448 g/mol. The molecule has 0 aliphatic carbocycles. The van der Waals surface area contributed by atoms with E-state index in [2.05, 4.69) is 10.3 Å². The molecule has 9 heteroatoms. The fourth-order valence-corrected chi connectivity index (χ4v) is 4.66. The van der Waals surface area contributed by atoms with E-state index in [-0.39, 0.29) is 29.7 Å². The molecule has 2 aromatic carbocycles. The Kier molecular flexibility index (Phi) is 7.53. The molecule has 6 nitrogen and oxygen atoms in total. The van der Waals surface area contributed by atoms with E-state index in [0.29, 0.717) is 22.9 Å². The van der Waals surface area contributed by atoms with Crippen LogP contribution in [0.5, 0.6) is 11.5 Å². The highest BCUT2D eigenvalue weighted by molar-refractivity contribution is 7.84. The fraction of sp³-hybridized carbons (Fsp3) is 0.238. The number of hydrogen-bond donors (Lipinski definition) is 1. The molecule has 30 heavy (non-hydrogen) atoms. The lowest BCUT2D eigenvalue weighted by Crippen LogP contribution is -2.15. The van der Waals surface area contributed by atoms with E-state index in [0.717, 1.165) is 10.6 Å². The number of aromatic nitrogens is 1. The molecular formula is C21H21FN2O4S2. The largest absolute Gasteiger partial charge is 0.497 e. The average Bonchev–Trinajstić information content (AvgIpc) is 3.21. The van der Waals surface area contributed by atoms with Crippen molar-refractivity contribution in [1.29, 1.82) is 0 Å². The normalized spacial score (nSPS) is 11.7. The summed E-state index contributed by atoms with van der Waals surface area (Å²) in [6.07, 6.45) is 0.104. The summed E-state index contributed by atoms with van der Waals surface area (Å²) in [4.78, 5) is 16.5. The van der Waals surface area contributed by atoms with Crippen LogP contribution in [0.2, 0.25) is 0 Å². The number of carbonyl (C=O) groups is 1. The smallest absolute Gasteiger partial charge is 0.225 e. The van der Waals surface area contributed by atoms with Crippen LogP contribution in [0.15, 0.2) is 47.8 Å². The van der Waals surface area contributed by atoms with Crippen LogP contribution in [0.25, 0.3) is 10.6 Å². The number of anilines is 1. The van der Waals surface area contributed by atoms with Crippen molar-refractivity contribution in [2.24, 2.45) is 0 Å². The van der Waals surface area contributed by atoms with Gasteiger partial charge in [0.15, 0.2) is 0 Å². The van der Waals surface area contributed by atoms with Crippen LogP contribution in [0.4, 0.5) is 10.1 Å². The van der Waals surface area contributed by atoms with Gasteiger partial charge in [0.25, 0.3) is 0 Å². The van der Waals surface area contributed by atoms with Crippen LogP contribution in [0.1, 0.15) is 12.1 Å². The number of rotatable bonds is 9. The first kappa shape index (κ1) is 21.9. The Morgan fingerprint density at radius 1 is 1.17 bits per heavy atom. The predicted molar refractivity (Wildman–Crippen MR) is 117 cm³/mol. The second-order valence-electron chi connectivity index (χ2n) is 6.30. The van der Waals surface area contributed by atoms with Gasteiger partial charge in [0, 0.05) is 40.1 Å². The molecule has 158 valence electrons. The van der Waals surface area contributed by atoms with Gasteiger partial charge >= 0.3 is 0 Å². The summed E-state index contributed by atoms with van der Waals surface area (Å²) in [6.45, 7) is 0. The maximum absolute atomic E-state index is 12.9. The molecule has 0 bridgehead atoms. The third-order valence-electron chi connectivity index (χ3n) is 4.18. The van der Waals surface area contributed by atoms with Gasteiger partial charge in [0.2, 0.25) is 5.91 Å². The number of carbonyl (C=O) groups excluding carboxylic acids is 1. The van der Waals surface area contributed by atoms with Gasteiger partial charge in [-0.2, -0.15) is 0 Å². The topological polar surface area (TPSA) is 77.5 Å². The minimum absolute atomic E-state index is 0.104. The molecule has 0 saturated carbocycles. The Bertz CT molecular complexity index is 1040. The summed E-state index contributed by atoms with van der Waals surface area (Å²) in [5, 5.41) is 5.27. The van der Waals surface area contributed by atoms with Crippen LogP contribution < -0.4 is 14.8 Å². The highest BCUT2D eigenvalue weighted by atomic mass is 32.2. The maximum atomic E-state index is 12.9. The Morgan fingerprint density at radius 3 is 2.63 bits per heavy atom.